The lowest BCUT2D eigenvalue weighted by Crippen LogP contribution is -2.23. The summed E-state index contributed by atoms with van der Waals surface area (Å²) in [6, 6.07) is 3.98. The Bertz CT molecular complexity index is 581. The molecule has 1 aliphatic rings. The molecule has 1 atom stereocenters. The van der Waals surface area contributed by atoms with E-state index in [0.29, 0.717) is 15.6 Å². The molecule has 0 saturated carbocycles. The average Bonchev–Trinajstić information content (AvgIpc) is 2.55. The van der Waals surface area contributed by atoms with Crippen molar-refractivity contribution in [2.24, 2.45) is 0 Å². The number of Topliss-reactive ketones (excluding diaryl/α,β-unsaturated/α-hetero) is 1. The zero-order valence-corrected chi connectivity index (χ0v) is 10.8. The van der Waals surface area contributed by atoms with Gasteiger partial charge in [-0.3, -0.25) is 9.59 Å². The van der Waals surface area contributed by atoms with E-state index in [9.17, 15) is 14.7 Å². The van der Waals surface area contributed by atoms with Crippen molar-refractivity contribution in [3.63, 3.8) is 0 Å². The summed E-state index contributed by atoms with van der Waals surface area (Å²) in [5.41, 5.74) is 0.535. The zero-order valence-electron chi connectivity index (χ0n) is 9.33. The average molecular weight is 286 g/mol. The molecule has 1 amide bonds. The number of nitrogens with one attached hydrogen (secondary N) is 1. The molecule has 1 aromatic rings. The lowest BCUT2D eigenvalue weighted by atomic mass is 9.98. The first-order valence-electron chi connectivity index (χ1n) is 5.11. The van der Waals surface area contributed by atoms with Crippen molar-refractivity contribution in [3.8, 4) is 0 Å². The quantitative estimate of drug-likeness (QED) is 0.878. The fourth-order valence-electron chi connectivity index (χ4n) is 1.87. The Hall–Kier alpha value is -1.52. The fourth-order valence-corrected chi connectivity index (χ4v) is 2.39. The Labute approximate surface area is 113 Å². The standard InChI is InChI=1S/C12H9Cl2NO3/c1-5(16)9-10(15-12(18)11(9)17)7-3-2-6(13)4-8(7)14/h2-4,10,17H,1H3,(H,15,18). The maximum Gasteiger partial charge on any atom is 0.287 e. The van der Waals surface area contributed by atoms with Gasteiger partial charge in [0.25, 0.3) is 5.91 Å². The third-order valence-corrected chi connectivity index (χ3v) is 3.25. The molecule has 2 N–H and O–H groups in total. The number of aliphatic hydroxyl groups is 1. The van der Waals surface area contributed by atoms with E-state index in [1.165, 1.54) is 13.0 Å². The molecule has 94 valence electrons. The molecule has 0 saturated heterocycles. The molecule has 1 heterocycles. The Morgan fingerprint density at radius 2 is 2.06 bits per heavy atom. The van der Waals surface area contributed by atoms with Crippen molar-refractivity contribution in [1.82, 2.24) is 5.32 Å². The van der Waals surface area contributed by atoms with Crippen LogP contribution in [0.15, 0.2) is 29.5 Å². The number of hydrogen-bond acceptors (Lipinski definition) is 3. The van der Waals surface area contributed by atoms with Crippen LogP contribution in [0.1, 0.15) is 18.5 Å². The largest absolute Gasteiger partial charge is 0.503 e. The van der Waals surface area contributed by atoms with Crippen molar-refractivity contribution >= 4 is 34.9 Å². The van der Waals surface area contributed by atoms with E-state index in [1.807, 2.05) is 0 Å². The normalized spacial score (nSPS) is 19.1. The molecule has 2 rings (SSSR count). The van der Waals surface area contributed by atoms with E-state index in [0.717, 1.165) is 0 Å². The molecular formula is C12H9Cl2NO3. The van der Waals surface area contributed by atoms with Gasteiger partial charge in [0.05, 0.1) is 11.6 Å². The van der Waals surface area contributed by atoms with Gasteiger partial charge in [-0.05, 0) is 24.6 Å². The van der Waals surface area contributed by atoms with Crippen molar-refractivity contribution in [1.29, 1.82) is 0 Å². The van der Waals surface area contributed by atoms with Crippen LogP contribution in [0.4, 0.5) is 0 Å². The highest BCUT2D eigenvalue weighted by molar-refractivity contribution is 6.35. The highest BCUT2D eigenvalue weighted by Crippen LogP contribution is 2.34. The van der Waals surface area contributed by atoms with Crippen molar-refractivity contribution in [2.45, 2.75) is 13.0 Å². The number of carbonyl (C=O) groups is 2. The van der Waals surface area contributed by atoms with Crippen LogP contribution in [0.3, 0.4) is 0 Å². The molecule has 1 aliphatic heterocycles. The molecule has 0 radical (unpaired) electrons. The SMILES string of the molecule is CC(=O)C1=C(O)C(=O)NC1c1ccc(Cl)cc1Cl. The van der Waals surface area contributed by atoms with Crippen molar-refractivity contribution in [2.75, 3.05) is 0 Å². The summed E-state index contributed by atoms with van der Waals surface area (Å²) >= 11 is 11.8. The zero-order chi connectivity index (χ0) is 13.4. The Morgan fingerprint density at radius 3 is 2.61 bits per heavy atom. The van der Waals surface area contributed by atoms with Gasteiger partial charge in [-0.1, -0.05) is 29.3 Å². The lowest BCUT2D eigenvalue weighted by molar-refractivity contribution is -0.119. The van der Waals surface area contributed by atoms with Gasteiger partial charge in [0.15, 0.2) is 11.5 Å². The van der Waals surface area contributed by atoms with Crippen molar-refractivity contribution < 1.29 is 14.7 Å². The minimum absolute atomic E-state index is 0.0178. The Kier molecular flexibility index (Phi) is 3.32. The first-order valence-corrected chi connectivity index (χ1v) is 5.87. The van der Waals surface area contributed by atoms with Gasteiger partial charge < -0.3 is 10.4 Å². The number of rotatable bonds is 2. The second-order valence-electron chi connectivity index (χ2n) is 3.89. The number of aliphatic hydroxyl groups excluding tert-OH is 1. The van der Waals surface area contributed by atoms with Crippen LogP contribution in [0.5, 0.6) is 0 Å². The molecule has 0 spiro atoms. The second kappa shape index (κ2) is 4.63. The molecular weight excluding hydrogens is 277 g/mol. The number of carbonyl (C=O) groups excluding carboxylic acids is 2. The van der Waals surface area contributed by atoms with Crippen LogP contribution in [-0.2, 0) is 9.59 Å². The summed E-state index contributed by atoms with van der Waals surface area (Å²) in [7, 11) is 0. The molecule has 4 nitrogen and oxygen atoms in total. The molecule has 0 fully saturated rings. The summed E-state index contributed by atoms with van der Waals surface area (Å²) in [6.45, 7) is 1.28. The van der Waals surface area contributed by atoms with Gasteiger partial charge in [-0.25, -0.2) is 0 Å². The van der Waals surface area contributed by atoms with Crippen LogP contribution >= 0.6 is 23.2 Å². The van der Waals surface area contributed by atoms with E-state index < -0.39 is 17.7 Å². The number of halogens is 2. The number of benzene rings is 1. The lowest BCUT2D eigenvalue weighted by Gasteiger charge is -2.15. The first-order chi connectivity index (χ1) is 8.41. The summed E-state index contributed by atoms with van der Waals surface area (Å²) in [6.07, 6.45) is 0. The van der Waals surface area contributed by atoms with Crippen LogP contribution in [0.25, 0.3) is 0 Å². The Balaban J connectivity index is 2.52. The maximum absolute atomic E-state index is 11.5. The van der Waals surface area contributed by atoms with Gasteiger partial charge >= 0.3 is 0 Å². The van der Waals surface area contributed by atoms with E-state index >= 15 is 0 Å². The maximum atomic E-state index is 11.5. The van der Waals surface area contributed by atoms with E-state index in [4.69, 9.17) is 23.2 Å². The second-order valence-corrected chi connectivity index (χ2v) is 4.73. The highest BCUT2D eigenvalue weighted by atomic mass is 35.5. The van der Waals surface area contributed by atoms with Crippen LogP contribution in [-0.4, -0.2) is 16.8 Å². The predicted molar refractivity (Wildman–Crippen MR) is 67.7 cm³/mol. The minimum atomic E-state index is -0.736. The molecule has 0 aliphatic carbocycles. The smallest absolute Gasteiger partial charge is 0.287 e. The fraction of sp³-hybridized carbons (Fsp3) is 0.167. The van der Waals surface area contributed by atoms with E-state index in [2.05, 4.69) is 5.32 Å². The summed E-state index contributed by atoms with van der Waals surface area (Å²) < 4.78 is 0. The molecule has 6 heteroatoms. The first kappa shape index (κ1) is 12.9. The third-order valence-electron chi connectivity index (χ3n) is 2.69. The van der Waals surface area contributed by atoms with Crippen LogP contribution in [0.2, 0.25) is 10.0 Å². The van der Waals surface area contributed by atoms with Gasteiger partial charge in [0.1, 0.15) is 0 Å². The summed E-state index contributed by atoms with van der Waals surface area (Å²) in [5, 5.41) is 12.9. The molecule has 0 bridgehead atoms. The highest BCUT2D eigenvalue weighted by Gasteiger charge is 2.36. The van der Waals surface area contributed by atoms with Crippen molar-refractivity contribution in [3.05, 3.63) is 45.1 Å². The summed E-state index contributed by atoms with van der Waals surface area (Å²) in [5.74, 6) is -1.63. The molecule has 18 heavy (non-hydrogen) atoms. The van der Waals surface area contributed by atoms with Crippen LogP contribution < -0.4 is 5.32 Å². The van der Waals surface area contributed by atoms with Gasteiger partial charge in [0.2, 0.25) is 0 Å². The topological polar surface area (TPSA) is 66.4 Å². The van der Waals surface area contributed by atoms with Gasteiger partial charge in [-0.2, -0.15) is 0 Å². The monoisotopic (exact) mass is 285 g/mol. The predicted octanol–water partition coefficient (Wildman–Crippen LogP) is 2.57. The number of hydrogen-bond donors (Lipinski definition) is 2. The number of amides is 1. The molecule has 0 aromatic heterocycles. The minimum Gasteiger partial charge on any atom is -0.503 e. The third kappa shape index (κ3) is 2.09. The Morgan fingerprint density at radius 1 is 1.39 bits per heavy atom. The molecule has 1 aromatic carbocycles. The van der Waals surface area contributed by atoms with Gasteiger partial charge in [-0.15, -0.1) is 0 Å². The van der Waals surface area contributed by atoms with Crippen LogP contribution in [0, 0.1) is 0 Å². The van der Waals surface area contributed by atoms with E-state index in [-0.39, 0.29) is 11.4 Å². The number of ketones is 1. The van der Waals surface area contributed by atoms with E-state index in [1.54, 1.807) is 12.1 Å². The molecule has 1 unspecified atom stereocenters. The summed E-state index contributed by atoms with van der Waals surface area (Å²) in [4.78, 5) is 22.9. The van der Waals surface area contributed by atoms with Gasteiger partial charge in [0, 0.05) is 10.0 Å².